The Morgan fingerprint density at radius 2 is 2.00 bits per heavy atom. The quantitative estimate of drug-likeness (QED) is 0.182. The highest BCUT2D eigenvalue weighted by molar-refractivity contribution is 7.80. The van der Waals surface area contributed by atoms with Crippen molar-refractivity contribution >= 4 is 40.3 Å². The van der Waals surface area contributed by atoms with Gasteiger partial charge in [-0.1, -0.05) is 12.1 Å². The van der Waals surface area contributed by atoms with Crippen molar-refractivity contribution in [1.29, 1.82) is 0 Å². The molecule has 3 atom stereocenters. The molecule has 11 nitrogen and oxygen atoms in total. The number of alkyl halides is 4. The first-order valence-corrected chi connectivity index (χ1v) is 14.6. The highest BCUT2D eigenvalue weighted by Crippen LogP contribution is 2.36. The summed E-state index contributed by atoms with van der Waals surface area (Å²) >= 11 is -2.38. The van der Waals surface area contributed by atoms with Gasteiger partial charge in [-0.3, -0.25) is 13.7 Å². The molecule has 3 aromatic rings. The molecule has 1 amide bonds. The maximum Gasteiger partial charge on any atom is 0.421 e. The predicted octanol–water partition coefficient (Wildman–Crippen LogP) is 4.65. The van der Waals surface area contributed by atoms with E-state index in [1.54, 1.807) is 37.1 Å². The summed E-state index contributed by atoms with van der Waals surface area (Å²) in [7, 11) is 4.35. The van der Waals surface area contributed by atoms with Crippen molar-refractivity contribution in [3.8, 4) is 5.75 Å². The molecule has 0 aliphatic carbocycles. The molecule has 4 N–H and O–H groups in total. The number of benzene rings is 2. The Morgan fingerprint density at radius 1 is 1.27 bits per heavy atom. The minimum absolute atomic E-state index is 0.0518. The largest absolute Gasteiger partial charge is 0.495 e. The summed E-state index contributed by atoms with van der Waals surface area (Å²) in [6, 6.07) is 6.08. The predicted molar refractivity (Wildman–Crippen MR) is 159 cm³/mol. The Bertz CT molecular complexity index is 1580. The number of amides is 1. The SMILES string of the molecule is COc1cc(C(=O)N[C@H]2CCN(C)C[C@H]2F)c(F)cc1Nc1ncc(C(F)(F)F)c(NCc2ccc(C)cc2N(C)S(=O)O)n1. The van der Waals surface area contributed by atoms with Crippen LogP contribution in [0.2, 0.25) is 0 Å². The molecule has 0 radical (unpaired) electrons. The molecule has 1 aliphatic rings. The number of carbonyl (C=O) groups is 1. The number of hydrogen-bond acceptors (Lipinski definition) is 8. The molecule has 4 rings (SSSR count). The summed E-state index contributed by atoms with van der Waals surface area (Å²) in [5.41, 5.74) is -0.218. The number of rotatable bonds is 10. The van der Waals surface area contributed by atoms with Crippen molar-refractivity contribution in [3.63, 3.8) is 0 Å². The van der Waals surface area contributed by atoms with Gasteiger partial charge in [0.2, 0.25) is 5.95 Å². The second kappa shape index (κ2) is 13.9. The van der Waals surface area contributed by atoms with Gasteiger partial charge < -0.3 is 25.6 Å². The fraction of sp³-hybridized carbons (Fsp3) is 0.393. The van der Waals surface area contributed by atoms with Crippen LogP contribution in [-0.4, -0.2) is 76.0 Å². The second-order valence-corrected chi connectivity index (χ2v) is 11.5. The number of aromatic nitrogens is 2. The lowest BCUT2D eigenvalue weighted by Gasteiger charge is -2.32. The Hall–Kier alpha value is -4.09. The fourth-order valence-corrected chi connectivity index (χ4v) is 5.08. The third kappa shape index (κ3) is 8.15. The lowest BCUT2D eigenvalue weighted by molar-refractivity contribution is -0.137. The van der Waals surface area contributed by atoms with Crippen molar-refractivity contribution in [1.82, 2.24) is 20.2 Å². The number of halogens is 5. The van der Waals surface area contributed by atoms with Crippen LogP contribution in [0.5, 0.6) is 5.75 Å². The molecule has 2 aromatic carbocycles. The van der Waals surface area contributed by atoms with Crippen LogP contribution in [-0.2, 0) is 24.0 Å². The number of nitrogens with one attached hydrogen (secondary N) is 3. The number of nitrogens with zero attached hydrogens (tertiary/aromatic N) is 4. The Labute approximate surface area is 258 Å². The van der Waals surface area contributed by atoms with Gasteiger partial charge in [0.15, 0.2) is 0 Å². The molecule has 45 heavy (non-hydrogen) atoms. The van der Waals surface area contributed by atoms with E-state index in [0.29, 0.717) is 30.4 Å². The molecule has 1 saturated heterocycles. The van der Waals surface area contributed by atoms with Gasteiger partial charge in [-0.15, -0.1) is 0 Å². The zero-order chi connectivity index (χ0) is 33.1. The van der Waals surface area contributed by atoms with Crippen LogP contribution >= 0.6 is 0 Å². The van der Waals surface area contributed by atoms with E-state index < -0.39 is 58.3 Å². The highest BCUT2D eigenvalue weighted by Gasteiger charge is 2.35. The van der Waals surface area contributed by atoms with E-state index in [4.69, 9.17) is 4.74 Å². The average Bonchev–Trinajstić information content (AvgIpc) is 2.97. The van der Waals surface area contributed by atoms with Gasteiger partial charge in [-0.05, 0) is 43.7 Å². The summed E-state index contributed by atoms with van der Waals surface area (Å²) in [5.74, 6) is -2.87. The molecule has 1 fully saturated rings. The third-order valence-corrected chi connectivity index (χ3v) is 7.86. The summed E-state index contributed by atoms with van der Waals surface area (Å²) in [6.07, 6.45) is -5.30. The van der Waals surface area contributed by atoms with Gasteiger partial charge in [0.25, 0.3) is 17.2 Å². The van der Waals surface area contributed by atoms with Crippen molar-refractivity contribution in [2.75, 3.05) is 49.2 Å². The zero-order valence-corrected chi connectivity index (χ0v) is 25.5. The van der Waals surface area contributed by atoms with E-state index >= 15 is 4.39 Å². The first-order valence-electron chi connectivity index (χ1n) is 13.6. The van der Waals surface area contributed by atoms with E-state index in [-0.39, 0.29) is 30.5 Å². The van der Waals surface area contributed by atoms with Crippen LogP contribution in [0.4, 0.5) is 45.1 Å². The molecule has 17 heteroatoms. The number of methoxy groups -OCH3 is 1. The standard InChI is InChI=1S/C28H32F5N7O4S/c1-15-5-6-16(23(9-15)40(3)45(42)43)12-34-25-18(28(31,32)33)13-35-27(38-25)37-22-11-19(29)17(10-24(22)44-4)26(41)36-21-7-8-39(2)14-20(21)30/h5-6,9-11,13,20-21H,7-8,12,14H2,1-4H3,(H,36,41)(H,42,43)(H2,34,35,37,38)/t20-,21+/m1/s1. The number of anilines is 4. The van der Waals surface area contributed by atoms with Crippen LogP contribution in [0.1, 0.15) is 33.5 Å². The molecule has 1 unspecified atom stereocenters. The van der Waals surface area contributed by atoms with Gasteiger partial charge in [0.05, 0.1) is 30.1 Å². The minimum atomic E-state index is -4.84. The summed E-state index contributed by atoms with van der Waals surface area (Å²) in [6.45, 7) is 2.21. The first-order chi connectivity index (χ1) is 21.2. The fourth-order valence-electron chi connectivity index (χ4n) is 4.74. The molecule has 0 bridgehead atoms. The minimum Gasteiger partial charge on any atom is -0.495 e. The molecular formula is C28H32F5N7O4S. The normalized spacial score (nSPS) is 17.8. The Balaban J connectivity index is 1.59. The monoisotopic (exact) mass is 657 g/mol. The molecule has 2 heterocycles. The van der Waals surface area contributed by atoms with Crippen molar-refractivity contribution < 1.29 is 40.2 Å². The topological polar surface area (TPSA) is 132 Å². The first kappa shape index (κ1) is 33.8. The summed E-state index contributed by atoms with van der Waals surface area (Å²) in [5, 5.41) is 7.75. The second-order valence-electron chi connectivity index (χ2n) is 10.5. The van der Waals surface area contributed by atoms with E-state index in [1.807, 2.05) is 0 Å². The van der Waals surface area contributed by atoms with Crippen molar-refractivity contribution in [3.05, 3.63) is 64.6 Å². The number of ether oxygens (including phenoxy) is 1. The van der Waals surface area contributed by atoms with Crippen LogP contribution in [0, 0.1) is 12.7 Å². The lowest BCUT2D eigenvalue weighted by Crippen LogP contribution is -2.51. The number of hydrogen-bond donors (Lipinski definition) is 4. The molecule has 0 saturated carbocycles. The Morgan fingerprint density at radius 3 is 2.64 bits per heavy atom. The Kier molecular flexibility index (Phi) is 10.4. The van der Waals surface area contributed by atoms with Crippen LogP contribution in [0.3, 0.4) is 0 Å². The van der Waals surface area contributed by atoms with Crippen molar-refractivity contribution in [2.24, 2.45) is 0 Å². The summed E-state index contributed by atoms with van der Waals surface area (Å²) in [4.78, 5) is 22.3. The van der Waals surface area contributed by atoms with E-state index in [1.165, 1.54) is 14.2 Å². The van der Waals surface area contributed by atoms with Gasteiger partial charge in [-0.25, -0.2) is 18.0 Å². The molecule has 1 aromatic heterocycles. The number of piperidine rings is 1. The molecule has 244 valence electrons. The van der Waals surface area contributed by atoms with Crippen LogP contribution in [0.25, 0.3) is 0 Å². The number of carbonyl (C=O) groups excluding carboxylic acids is 1. The van der Waals surface area contributed by atoms with E-state index in [9.17, 15) is 31.1 Å². The van der Waals surface area contributed by atoms with Gasteiger partial charge in [0, 0.05) is 38.9 Å². The number of aryl methyl sites for hydroxylation is 1. The highest BCUT2D eigenvalue weighted by atomic mass is 32.2. The zero-order valence-electron chi connectivity index (χ0n) is 24.7. The van der Waals surface area contributed by atoms with Gasteiger partial charge in [0.1, 0.15) is 29.1 Å². The maximum atomic E-state index is 15.1. The van der Waals surface area contributed by atoms with E-state index in [0.717, 1.165) is 22.0 Å². The smallest absolute Gasteiger partial charge is 0.421 e. The van der Waals surface area contributed by atoms with Gasteiger partial charge in [-0.2, -0.15) is 18.2 Å². The maximum absolute atomic E-state index is 15.1. The number of likely N-dealkylation sites (tertiary alicyclic amines) is 1. The van der Waals surface area contributed by atoms with Crippen LogP contribution < -0.4 is 25.0 Å². The van der Waals surface area contributed by atoms with Crippen molar-refractivity contribution in [2.45, 2.75) is 38.3 Å². The molecule has 1 aliphatic heterocycles. The molecular weight excluding hydrogens is 625 g/mol. The summed E-state index contributed by atoms with van der Waals surface area (Å²) < 4.78 is 98.6. The van der Waals surface area contributed by atoms with E-state index in [2.05, 4.69) is 25.9 Å². The lowest BCUT2D eigenvalue weighted by atomic mass is 10.0. The van der Waals surface area contributed by atoms with Crippen LogP contribution in [0.15, 0.2) is 36.5 Å². The van der Waals surface area contributed by atoms with Gasteiger partial charge >= 0.3 is 6.18 Å². The third-order valence-electron chi connectivity index (χ3n) is 7.20. The molecule has 0 spiro atoms. The average molecular weight is 658 g/mol.